The maximum Gasteiger partial charge on any atom is 0.188 e. The average Bonchev–Trinajstić information content (AvgIpc) is 2.57. The molecular weight excluding hydrogens is 154 g/mol. The number of aliphatic hydroxyl groups excluding tert-OH is 2. The van der Waals surface area contributed by atoms with E-state index in [0.717, 1.165) is 0 Å². The summed E-state index contributed by atoms with van der Waals surface area (Å²) in [7, 11) is 0. The summed E-state index contributed by atoms with van der Waals surface area (Å²) < 4.78 is 4.83. The topological polar surface area (TPSA) is 96.7 Å². The first-order valence-electron chi connectivity index (χ1n) is 3.26. The first-order valence-corrected chi connectivity index (χ1v) is 3.26. The number of nitrogens with zero attached hydrogens (tertiary/aromatic N) is 1. The van der Waals surface area contributed by atoms with Gasteiger partial charge in [0.15, 0.2) is 18.1 Å². The Kier molecular flexibility index (Phi) is 1.29. The molecule has 0 aromatic carbocycles. The van der Waals surface area contributed by atoms with Crippen molar-refractivity contribution in [3.05, 3.63) is 0 Å². The zero-order valence-electron chi connectivity index (χ0n) is 5.58. The molecule has 0 bridgehead atoms. The van der Waals surface area contributed by atoms with Gasteiger partial charge in [-0.15, -0.1) is 0 Å². The summed E-state index contributed by atoms with van der Waals surface area (Å²) in [4.78, 5) is 0. The number of morpholine rings is 1. The molecule has 3 atom stereocenters. The van der Waals surface area contributed by atoms with Crippen LogP contribution in [0.2, 0.25) is 0 Å². The lowest BCUT2D eigenvalue weighted by atomic mass is 10.1. The SMILES string of the molecule is OC(O)[C@@]12O[C@@H]1CN(O)C2O. The number of fused-ring (bicyclic) bond motifs is 1. The monoisotopic (exact) mass is 163 g/mol. The number of ether oxygens (including phenoxy) is 1. The third kappa shape index (κ3) is 0.711. The average molecular weight is 163 g/mol. The fourth-order valence-corrected chi connectivity index (χ4v) is 1.48. The largest absolute Gasteiger partial charge is 0.373 e. The predicted octanol–water partition coefficient (Wildman–Crippen LogP) is -2.54. The molecule has 0 aromatic rings. The second kappa shape index (κ2) is 1.92. The molecule has 2 fully saturated rings. The molecule has 2 heterocycles. The van der Waals surface area contributed by atoms with E-state index in [4.69, 9.17) is 25.3 Å². The summed E-state index contributed by atoms with van der Waals surface area (Å²) in [6.45, 7) is 0.110. The van der Waals surface area contributed by atoms with Crippen LogP contribution < -0.4 is 0 Å². The molecule has 0 aliphatic carbocycles. The van der Waals surface area contributed by atoms with Crippen LogP contribution in [0.5, 0.6) is 0 Å². The van der Waals surface area contributed by atoms with E-state index in [1.807, 2.05) is 0 Å². The van der Waals surface area contributed by atoms with Gasteiger partial charge in [0.2, 0.25) is 0 Å². The van der Waals surface area contributed by atoms with E-state index in [2.05, 4.69) is 0 Å². The van der Waals surface area contributed by atoms with Crippen LogP contribution in [-0.2, 0) is 4.74 Å². The molecule has 6 nitrogen and oxygen atoms in total. The highest BCUT2D eigenvalue weighted by Crippen LogP contribution is 2.48. The van der Waals surface area contributed by atoms with Gasteiger partial charge >= 0.3 is 0 Å². The maximum absolute atomic E-state index is 9.16. The van der Waals surface area contributed by atoms with Crippen molar-refractivity contribution in [2.45, 2.75) is 24.2 Å². The Hall–Kier alpha value is -0.240. The molecule has 0 saturated carbocycles. The summed E-state index contributed by atoms with van der Waals surface area (Å²) in [5, 5.41) is 36.2. The van der Waals surface area contributed by atoms with Crippen molar-refractivity contribution in [1.82, 2.24) is 5.06 Å². The standard InChI is InChI=1S/C5H9NO5/c7-3-5(4(8)9)2(11-5)1-6(3)10/h2-4,7-10H,1H2/t2-,3?,5-/m1/s1. The lowest BCUT2D eigenvalue weighted by molar-refractivity contribution is -0.241. The Labute approximate surface area is 62.2 Å². The lowest BCUT2D eigenvalue weighted by Crippen LogP contribution is -2.45. The fourth-order valence-electron chi connectivity index (χ4n) is 1.48. The quantitative estimate of drug-likeness (QED) is 0.251. The van der Waals surface area contributed by atoms with E-state index >= 15 is 0 Å². The minimum atomic E-state index is -1.75. The zero-order valence-corrected chi connectivity index (χ0v) is 5.58. The number of rotatable bonds is 1. The van der Waals surface area contributed by atoms with Crippen molar-refractivity contribution in [2.24, 2.45) is 0 Å². The summed E-state index contributed by atoms with van der Waals surface area (Å²) in [5.41, 5.74) is -1.37. The van der Waals surface area contributed by atoms with Gasteiger partial charge in [0.05, 0.1) is 6.54 Å². The van der Waals surface area contributed by atoms with Gasteiger partial charge in [0.1, 0.15) is 6.10 Å². The van der Waals surface area contributed by atoms with E-state index < -0.39 is 24.2 Å². The molecule has 2 aliphatic heterocycles. The van der Waals surface area contributed by atoms with Gasteiger partial charge < -0.3 is 25.3 Å². The van der Waals surface area contributed by atoms with Gasteiger partial charge in [-0.05, 0) is 0 Å². The molecule has 2 rings (SSSR count). The van der Waals surface area contributed by atoms with Gasteiger partial charge in [-0.25, -0.2) is 0 Å². The number of aliphatic hydroxyl groups is 3. The molecule has 0 amide bonds. The van der Waals surface area contributed by atoms with Gasteiger partial charge in [-0.1, -0.05) is 0 Å². The summed E-state index contributed by atoms with van der Waals surface area (Å²) >= 11 is 0. The van der Waals surface area contributed by atoms with Crippen molar-refractivity contribution in [2.75, 3.05) is 6.54 Å². The van der Waals surface area contributed by atoms with E-state index in [1.54, 1.807) is 0 Å². The zero-order chi connectivity index (χ0) is 8.22. The van der Waals surface area contributed by atoms with Crippen molar-refractivity contribution in [1.29, 1.82) is 0 Å². The third-order valence-corrected chi connectivity index (χ3v) is 2.23. The molecule has 1 unspecified atom stereocenters. The minimum Gasteiger partial charge on any atom is -0.373 e. The van der Waals surface area contributed by atoms with Crippen molar-refractivity contribution in [3.8, 4) is 0 Å². The highest BCUT2D eigenvalue weighted by Gasteiger charge is 2.72. The van der Waals surface area contributed by atoms with Crippen LogP contribution in [0.3, 0.4) is 0 Å². The van der Waals surface area contributed by atoms with Crippen LogP contribution in [0.4, 0.5) is 0 Å². The molecule has 0 aromatic heterocycles. The van der Waals surface area contributed by atoms with Crippen molar-refractivity contribution >= 4 is 0 Å². The molecule has 2 aliphatic rings. The molecule has 2 saturated heterocycles. The molecule has 0 spiro atoms. The molecular formula is C5H9NO5. The Morgan fingerprint density at radius 1 is 1.55 bits per heavy atom. The Bertz CT molecular complexity index is 186. The fraction of sp³-hybridized carbons (Fsp3) is 1.00. The Balaban J connectivity index is 2.18. The molecule has 0 radical (unpaired) electrons. The van der Waals surface area contributed by atoms with Crippen molar-refractivity contribution < 1.29 is 25.3 Å². The van der Waals surface area contributed by atoms with Gasteiger partial charge in [0, 0.05) is 0 Å². The Morgan fingerprint density at radius 2 is 2.18 bits per heavy atom. The molecule has 11 heavy (non-hydrogen) atoms. The van der Waals surface area contributed by atoms with Crippen molar-refractivity contribution in [3.63, 3.8) is 0 Å². The van der Waals surface area contributed by atoms with Gasteiger partial charge in [-0.3, -0.25) is 0 Å². The van der Waals surface area contributed by atoms with E-state index in [1.165, 1.54) is 0 Å². The van der Waals surface area contributed by atoms with Gasteiger partial charge in [-0.2, -0.15) is 5.06 Å². The Morgan fingerprint density at radius 3 is 2.45 bits per heavy atom. The summed E-state index contributed by atoms with van der Waals surface area (Å²) in [5.74, 6) is 0. The number of hydrogen-bond donors (Lipinski definition) is 4. The molecule has 4 N–H and O–H groups in total. The van der Waals surface area contributed by atoms with Crippen LogP contribution in [-0.4, -0.2) is 56.4 Å². The van der Waals surface area contributed by atoms with Crippen LogP contribution in [0.1, 0.15) is 0 Å². The van der Waals surface area contributed by atoms with Crippen LogP contribution in [0.15, 0.2) is 0 Å². The highest BCUT2D eigenvalue weighted by atomic mass is 16.7. The normalized spacial score (nSPS) is 49.9. The number of hydroxylamine groups is 2. The highest BCUT2D eigenvalue weighted by molar-refractivity contribution is 5.14. The second-order valence-corrected chi connectivity index (χ2v) is 2.83. The summed E-state index contributed by atoms with van der Waals surface area (Å²) in [6, 6.07) is 0. The predicted molar refractivity (Wildman–Crippen MR) is 30.3 cm³/mol. The maximum atomic E-state index is 9.16. The molecule has 6 heteroatoms. The number of hydrogen-bond acceptors (Lipinski definition) is 6. The van der Waals surface area contributed by atoms with E-state index in [0.29, 0.717) is 5.06 Å². The third-order valence-electron chi connectivity index (χ3n) is 2.23. The molecule has 64 valence electrons. The van der Waals surface area contributed by atoms with Crippen LogP contribution in [0.25, 0.3) is 0 Å². The smallest absolute Gasteiger partial charge is 0.188 e. The van der Waals surface area contributed by atoms with E-state index in [-0.39, 0.29) is 6.54 Å². The first kappa shape index (κ1) is 7.41. The van der Waals surface area contributed by atoms with Crippen LogP contribution in [0, 0.1) is 0 Å². The van der Waals surface area contributed by atoms with E-state index in [9.17, 15) is 0 Å². The summed E-state index contributed by atoms with van der Waals surface area (Å²) in [6.07, 6.45) is -3.56. The minimum absolute atomic E-state index is 0.110. The first-order chi connectivity index (χ1) is 5.09. The second-order valence-electron chi connectivity index (χ2n) is 2.83. The van der Waals surface area contributed by atoms with Crippen LogP contribution >= 0.6 is 0 Å². The van der Waals surface area contributed by atoms with Gasteiger partial charge in [0.25, 0.3) is 0 Å². The lowest BCUT2D eigenvalue weighted by Gasteiger charge is -2.21. The number of epoxide rings is 1.